The van der Waals surface area contributed by atoms with Gasteiger partial charge in [-0.05, 0) is 19.8 Å². The van der Waals surface area contributed by atoms with Crippen LogP contribution in [0.2, 0.25) is 0 Å². The third-order valence-electron chi connectivity index (χ3n) is 2.15. The average molecular weight is 152 g/mol. The van der Waals surface area contributed by atoms with E-state index in [1.54, 1.807) is 6.92 Å². The molecule has 1 fully saturated rings. The van der Waals surface area contributed by atoms with E-state index in [9.17, 15) is 9.59 Å². The Kier molecular flexibility index (Phi) is 1.99. The molecule has 0 aromatic carbocycles. The molecule has 0 amide bonds. The summed E-state index contributed by atoms with van der Waals surface area (Å²) in [7, 11) is 0. The Morgan fingerprint density at radius 3 is 2.55 bits per heavy atom. The summed E-state index contributed by atoms with van der Waals surface area (Å²) in [5.41, 5.74) is -0.487. The lowest BCUT2D eigenvalue weighted by Gasteiger charge is -2.38. The van der Waals surface area contributed by atoms with Gasteiger partial charge in [-0.2, -0.15) is 9.98 Å². The molecule has 4 nitrogen and oxygen atoms in total. The Labute approximate surface area is 64.0 Å². The zero-order chi connectivity index (χ0) is 8.32. The Morgan fingerprint density at radius 2 is 2.18 bits per heavy atom. The summed E-state index contributed by atoms with van der Waals surface area (Å²) in [5.74, 6) is 0. The van der Waals surface area contributed by atoms with Crippen molar-refractivity contribution < 1.29 is 9.59 Å². The molecule has 0 aromatic rings. The van der Waals surface area contributed by atoms with Crippen LogP contribution >= 0.6 is 0 Å². The van der Waals surface area contributed by atoms with E-state index in [1.165, 1.54) is 12.2 Å². The Morgan fingerprint density at radius 1 is 1.45 bits per heavy atom. The lowest BCUT2D eigenvalue weighted by molar-refractivity contribution is 0.227. The van der Waals surface area contributed by atoms with E-state index < -0.39 is 5.54 Å². The first-order valence-corrected chi connectivity index (χ1v) is 3.39. The number of hydrogen-bond acceptors (Lipinski definition) is 4. The van der Waals surface area contributed by atoms with Gasteiger partial charge in [-0.1, -0.05) is 0 Å². The van der Waals surface area contributed by atoms with Gasteiger partial charge >= 0.3 is 0 Å². The highest BCUT2D eigenvalue weighted by atomic mass is 16.1. The first-order chi connectivity index (χ1) is 5.23. The number of carbonyl (C=O) groups excluding carboxylic acids is 2. The molecule has 1 saturated carbocycles. The molecule has 0 saturated heterocycles. The summed E-state index contributed by atoms with van der Waals surface area (Å²) in [4.78, 5) is 26.9. The topological polar surface area (TPSA) is 58.9 Å². The molecule has 0 aliphatic heterocycles. The van der Waals surface area contributed by atoms with E-state index in [0.717, 1.165) is 12.8 Å². The summed E-state index contributed by atoms with van der Waals surface area (Å²) in [6.07, 6.45) is 4.54. The molecular weight excluding hydrogens is 144 g/mol. The minimum absolute atomic E-state index is 0.165. The fourth-order valence-electron chi connectivity index (χ4n) is 1.19. The smallest absolute Gasteiger partial charge is 0.211 e. The molecule has 0 spiro atoms. The van der Waals surface area contributed by atoms with Gasteiger partial charge in [0.05, 0.1) is 11.6 Å². The molecule has 2 atom stereocenters. The fourth-order valence-corrected chi connectivity index (χ4v) is 1.19. The van der Waals surface area contributed by atoms with Crippen LogP contribution in [0.3, 0.4) is 0 Å². The largest absolute Gasteiger partial charge is 0.235 e. The minimum Gasteiger partial charge on any atom is -0.211 e. The van der Waals surface area contributed by atoms with Crippen LogP contribution in [-0.4, -0.2) is 23.7 Å². The SMILES string of the molecule is CC1(N=C=O)CCC1N=C=O. The van der Waals surface area contributed by atoms with E-state index in [4.69, 9.17) is 0 Å². The molecule has 2 unspecified atom stereocenters. The van der Waals surface area contributed by atoms with E-state index in [1.807, 2.05) is 0 Å². The molecule has 11 heavy (non-hydrogen) atoms. The quantitative estimate of drug-likeness (QED) is 0.429. The number of aliphatic imine (C=N–C) groups is 2. The van der Waals surface area contributed by atoms with Crippen molar-refractivity contribution in [3.05, 3.63) is 0 Å². The molecule has 0 heterocycles. The van der Waals surface area contributed by atoms with Crippen molar-refractivity contribution in [2.45, 2.75) is 31.3 Å². The highest BCUT2D eigenvalue weighted by Crippen LogP contribution is 2.37. The van der Waals surface area contributed by atoms with Crippen LogP contribution in [-0.2, 0) is 9.59 Å². The molecule has 0 radical (unpaired) electrons. The zero-order valence-electron chi connectivity index (χ0n) is 6.20. The van der Waals surface area contributed by atoms with Gasteiger partial charge in [0, 0.05) is 0 Å². The lowest BCUT2D eigenvalue weighted by atomic mass is 9.74. The van der Waals surface area contributed by atoms with Crippen LogP contribution in [0.25, 0.3) is 0 Å². The Hall–Kier alpha value is -1.24. The van der Waals surface area contributed by atoms with Crippen molar-refractivity contribution in [3.8, 4) is 0 Å². The highest BCUT2D eigenvalue weighted by molar-refractivity contribution is 5.38. The lowest BCUT2D eigenvalue weighted by Crippen LogP contribution is -2.46. The standard InChI is InChI=1S/C7H8N2O2/c1-7(9-5-11)3-2-6(7)8-4-10/h6H,2-3H2,1H3. The normalized spacial score (nSPS) is 34.5. The summed E-state index contributed by atoms with van der Waals surface area (Å²) in [5, 5.41) is 0. The van der Waals surface area contributed by atoms with Crippen LogP contribution in [0.4, 0.5) is 0 Å². The van der Waals surface area contributed by atoms with Gasteiger partial charge in [0.15, 0.2) is 0 Å². The second kappa shape index (κ2) is 2.79. The van der Waals surface area contributed by atoms with Crippen molar-refractivity contribution in [2.75, 3.05) is 0 Å². The highest BCUT2D eigenvalue weighted by Gasteiger charge is 2.43. The molecule has 1 rings (SSSR count). The third-order valence-corrected chi connectivity index (χ3v) is 2.15. The van der Waals surface area contributed by atoms with Crippen molar-refractivity contribution in [3.63, 3.8) is 0 Å². The summed E-state index contributed by atoms with van der Waals surface area (Å²) < 4.78 is 0. The van der Waals surface area contributed by atoms with Crippen molar-refractivity contribution >= 4 is 12.2 Å². The molecule has 58 valence electrons. The predicted molar refractivity (Wildman–Crippen MR) is 37.7 cm³/mol. The third kappa shape index (κ3) is 1.27. The average Bonchev–Trinajstić information content (AvgIpc) is 1.99. The van der Waals surface area contributed by atoms with Crippen LogP contribution in [0, 0.1) is 0 Å². The Bertz CT molecular complexity index is 251. The maximum Gasteiger partial charge on any atom is 0.235 e. The number of isocyanates is 2. The number of hydrogen-bond donors (Lipinski definition) is 0. The monoisotopic (exact) mass is 152 g/mol. The van der Waals surface area contributed by atoms with E-state index in [2.05, 4.69) is 9.98 Å². The Balaban J connectivity index is 2.73. The second-order valence-electron chi connectivity index (χ2n) is 2.84. The van der Waals surface area contributed by atoms with Gasteiger partial charge in [0.25, 0.3) is 0 Å². The van der Waals surface area contributed by atoms with E-state index in [0.29, 0.717) is 0 Å². The summed E-state index contributed by atoms with van der Waals surface area (Å²) in [6.45, 7) is 1.78. The van der Waals surface area contributed by atoms with Crippen molar-refractivity contribution in [2.24, 2.45) is 9.98 Å². The van der Waals surface area contributed by atoms with Gasteiger partial charge in [-0.25, -0.2) is 9.59 Å². The van der Waals surface area contributed by atoms with Gasteiger partial charge in [-0.15, -0.1) is 0 Å². The van der Waals surface area contributed by atoms with Crippen molar-refractivity contribution in [1.29, 1.82) is 0 Å². The zero-order valence-corrected chi connectivity index (χ0v) is 6.20. The predicted octanol–water partition coefficient (Wildman–Crippen LogP) is 0.579. The fraction of sp³-hybridized carbons (Fsp3) is 0.714. The van der Waals surface area contributed by atoms with Crippen LogP contribution in [0.5, 0.6) is 0 Å². The van der Waals surface area contributed by atoms with Gasteiger partial charge < -0.3 is 0 Å². The molecule has 0 bridgehead atoms. The van der Waals surface area contributed by atoms with Crippen LogP contribution in [0.15, 0.2) is 9.98 Å². The van der Waals surface area contributed by atoms with E-state index >= 15 is 0 Å². The first-order valence-electron chi connectivity index (χ1n) is 3.39. The van der Waals surface area contributed by atoms with Gasteiger partial charge in [0.1, 0.15) is 0 Å². The molecule has 0 aromatic heterocycles. The molecular formula is C7H8N2O2. The first kappa shape index (κ1) is 7.86. The molecule has 1 aliphatic rings. The summed E-state index contributed by atoms with van der Waals surface area (Å²) in [6, 6.07) is -0.165. The minimum atomic E-state index is -0.487. The second-order valence-corrected chi connectivity index (χ2v) is 2.84. The van der Waals surface area contributed by atoms with Crippen LogP contribution < -0.4 is 0 Å². The van der Waals surface area contributed by atoms with Crippen molar-refractivity contribution in [1.82, 2.24) is 0 Å². The maximum atomic E-state index is 9.93. The maximum absolute atomic E-state index is 9.93. The number of rotatable bonds is 2. The van der Waals surface area contributed by atoms with E-state index in [-0.39, 0.29) is 6.04 Å². The van der Waals surface area contributed by atoms with Gasteiger partial charge in [0.2, 0.25) is 12.2 Å². The number of nitrogens with zero attached hydrogens (tertiary/aromatic N) is 2. The summed E-state index contributed by atoms with van der Waals surface area (Å²) >= 11 is 0. The molecule has 4 heteroatoms. The molecule has 1 aliphatic carbocycles. The molecule has 0 N–H and O–H groups in total. The van der Waals surface area contributed by atoms with Crippen LogP contribution in [0.1, 0.15) is 19.8 Å². The van der Waals surface area contributed by atoms with Gasteiger partial charge in [-0.3, -0.25) is 0 Å².